The molecule has 31 heavy (non-hydrogen) atoms. The molecule has 4 rings (SSSR count). The van der Waals surface area contributed by atoms with E-state index in [1.165, 1.54) is 27.6 Å². The second-order valence-electron chi connectivity index (χ2n) is 9.52. The molecule has 1 aliphatic heterocycles. The maximum Gasteiger partial charge on any atom is 0.143 e. The summed E-state index contributed by atoms with van der Waals surface area (Å²) in [6.07, 6.45) is 0.349. The molecule has 162 valence electrons. The van der Waals surface area contributed by atoms with Crippen molar-refractivity contribution in [3.63, 3.8) is 0 Å². The standard InChI is InChI=1S/C28H34N2O/c1-7-30-25-15-14-22(16-24(25)19(3)17-28(30,5)6)27(29-20(4)31)23-13-9-12-21-11-8-10-18(2)26(21)23/h8-16,19-20,31H,7,17H2,1-6H3/b29-27+. The van der Waals surface area contributed by atoms with E-state index >= 15 is 0 Å². The first kappa shape index (κ1) is 21.6. The summed E-state index contributed by atoms with van der Waals surface area (Å²) in [6, 6.07) is 19.4. The van der Waals surface area contributed by atoms with Crippen molar-refractivity contribution in [1.82, 2.24) is 0 Å². The number of aliphatic hydroxyl groups is 1. The first-order chi connectivity index (χ1) is 14.7. The van der Waals surface area contributed by atoms with Crippen LogP contribution in [0.25, 0.3) is 10.8 Å². The van der Waals surface area contributed by atoms with Gasteiger partial charge in [-0.2, -0.15) is 0 Å². The van der Waals surface area contributed by atoms with Gasteiger partial charge in [0, 0.05) is 28.9 Å². The molecule has 0 spiro atoms. The maximum atomic E-state index is 10.2. The van der Waals surface area contributed by atoms with E-state index in [1.54, 1.807) is 6.92 Å². The number of rotatable bonds is 4. The zero-order valence-electron chi connectivity index (χ0n) is 19.6. The third-order valence-corrected chi connectivity index (χ3v) is 6.66. The van der Waals surface area contributed by atoms with E-state index in [1.807, 2.05) is 0 Å². The lowest BCUT2D eigenvalue weighted by Crippen LogP contribution is -2.48. The average Bonchev–Trinajstić information content (AvgIpc) is 2.71. The number of benzene rings is 3. The zero-order chi connectivity index (χ0) is 22.3. The molecule has 1 aliphatic rings. The van der Waals surface area contributed by atoms with Gasteiger partial charge < -0.3 is 10.0 Å². The van der Waals surface area contributed by atoms with Crippen LogP contribution in [0, 0.1) is 6.92 Å². The Morgan fingerprint density at radius 2 is 1.87 bits per heavy atom. The highest BCUT2D eigenvalue weighted by Crippen LogP contribution is 2.43. The maximum absolute atomic E-state index is 10.2. The summed E-state index contributed by atoms with van der Waals surface area (Å²) in [5, 5.41) is 12.6. The van der Waals surface area contributed by atoms with Gasteiger partial charge in [0.2, 0.25) is 0 Å². The van der Waals surface area contributed by atoms with Gasteiger partial charge in [-0.3, -0.25) is 4.99 Å². The fourth-order valence-electron chi connectivity index (χ4n) is 5.45. The van der Waals surface area contributed by atoms with Crippen LogP contribution in [-0.2, 0) is 0 Å². The van der Waals surface area contributed by atoms with E-state index in [0.29, 0.717) is 5.92 Å². The first-order valence-corrected chi connectivity index (χ1v) is 11.4. The third-order valence-electron chi connectivity index (χ3n) is 6.66. The molecule has 0 radical (unpaired) electrons. The topological polar surface area (TPSA) is 35.8 Å². The normalized spacial score (nSPS) is 19.4. The van der Waals surface area contributed by atoms with Crippen molar-refractivity contribution < 1.29 is 5.11 Å². The summed E-state index contributed by atoms with van der Waals surface area (Å²) < 4.78 is 0. The van der Waals surface area contributed by atoms with Gasteiger partial charge in [0.1, 0.15) is 6.23 Å². The van der Waals surface area contributed by atoms with Crippen molar-refractivity contribution in [1.29, 1.82) is 0 Å². The summed E-state index contributed by atoms with van der Waals surface area (Å²) in [5.41, 5.74) is 7.06. The molecule has 1 N–H and O–H groups in total. The van der Waals surface area contributed by atoms with Crippen LogP contribution in [0.1, 0.15) is 69.2 Å². The van der Waals surface area contributed by atoms with Crippen LogP contribution in [-0.4, -0.2) is 29.1 Å². The van der Waals surface area contributed by atoms with Crippen LogP contribution in [0.15, 0.2) is 59.6 Å². The Bertz CT molecular complexity index is 1140. The minimum Gasteiger partial charge on any atom is -0.372 e. The molecule has 0 saturated heterocycles. The molecule has 0 aromatic heterocycles. The molecule has 3 heteroatoms. The number of aliphatic imine (C=N–C) groups is 1. The third kappa shape index (κ3) is 3.87. The van der Waals surface area contributed by atoms with E-state index in [-0.39, 0.29) is 5.54 Å². The Kier molecular flexibility index (Phi) is 5.65. The Labute approximate surface area is 186 Å². The Morgan fingerprint density at radius 3 is 2.55 bits per heavy atom. The lowest BCUT2D eigenvalue weighted by atomic mass is 9.79. The monoisotopic (exact) mass is 414 g/mol. The van der Waals surface area contributed by atoms with Crippen LogP contribution in [0.3, 0.4) is 0 Å². The van der Waals surface area contributed by atoms with Gasteiger partial charge in [0.05, 0.1) is 5.71 Å². The predicted molar refractivity (Wildman–Crippen MR) is 133 cm³/mol. The molecule has 0 aliphatic carbocycles. The van der Waals surface area contributed by atoms with Crippen molar-refractivity contribution >= 4 is 22.2 Å². The Hall–Kier alpha value is -2.65. The number of nitrogens with zero attached hydrogens (tertiary/aromatic N) is 2. The average molecular weight is 415 g/mol. The Balaban J connectivity index is 1.92. The summed E-state index contributed by atoms with van der Waals surface area (Å²) in [5.74, 6) is 0.467. The van der Waals surface area contributed by atoms with Gasteiger partial charge in [-0.25, -0.2) is 0 Å². The van der Waals surface area contributed by atoms with Crippen molar-refractivity contribution in [2.75, 3.05) is 11.4 Å². The van der Waals surface area contributed by atoms with Crippen LogP contribution >= 0.6 is 0 Å². The van der Waals surface area contributed by atoms with Crippen LogP contribution in [0.5, 0.6) is 0 Å². The molecule has 2 atom stereocenters. The van der Waals surface area contributed by atoms with Crippen LogP contribution in [0.2, 0.25) is 0 Å². The van der Waals surface area contributed by atoms with Gasteiger partial charge in [-0.1, -0.05) is 49.4 Å². The SMILES string of the molecule is CCN1c2ccc(/C(=N\C(C)O)c3cccc4cccc(C)c34)cc2C(C)CC1(C)C. The Morgan fingerprint density at radius 1 is 1.16 bits per heavy atom. The molecule has 0 fully saturated rings. The number of fused-ring (bicyclic) bond motifs is 2. The molecule has 0 bridgehead atoms. The van der Waals surface area contributed by atoms with E-state index in [0.717, 1.165) is 29.8 Å². The van der Waals surface area contributed by atoms with Crippen molar-refractivity contribution in [3.8, 4) is 0 Å². The van der Waals surface area contributed by atoms with E-state index < -0.39 is 6.23 Å². The number of hydrogen-bond donors (Lipinski definition) is 1. The predicted octanol–water partition coefficient (Wildman–Crippen LogP) is 6.44. The van der Waals surface area contributed by atoms with Crippen molar-refractivity contribution in [3.05, 3.63) is 76.9 Å². The molecule has 1 heterocycles. The van der Waals surface area contributed by atoms with Crippen LogP contribution < -0.4 is 4.90 Å². The van der Waals surface area contributed by atoms with Crippen molar-refractivity contribution in [2.45, 2.75) is 65.6 Å². The summed E-state index contributed by atoms with van der Waals surface area (Å²) in [7, 11) is 0. The molecule has 0 amide bonds. The smallest absolute Gasteiger partial charge is 0.143 e. The summed E-state index contributed by atoms with van der Waals surface area (Å²) in [6.45, 7) is 14.1. The zero-order valence-corrected chi connectivity index (χ0v) is 19.6. The fraction of sp³-hybridized carbons (Fsp3) is 0.393. The van der Waals surface area contributed by atoms with Gasteiger partial charge >= 0.3 is 0 Å². The molecule has 3 nitrogen and oxygen atoms in total. The number of anilines is 1. The highest BCUT2D eigenvalue weighted by atomic mass is 16.3. The molecular formula is C28H34N2O. The lowest BCUT2D eigenvalue weighted by Gasteiger charge is -2.47. The number of aliphatic hydroxyl groups excluding tert-OH is 1. The summed E-state index contributed by atoms with van der Waals surface area (Å²) in [4.78, 5) is 7.22. The van der Waals surface area contributed by atoms with Gasteiger partial charge in [0.25, 0.3) is 0 Å². The number of aryl methyl sites for hydroxylation is 1. The van der Waals surface area contributed by atoms with E-state index in [2.05, 4.69) is 94.1 Å². The first-order valence-electron chi connectivity index (χ1n) is 11.4. The second-order valence-corrected chi connectivity index (χ2v) is 9.52. The van der Waals surface area contributed by atoms with Gasteiger partial charge in [0.15, 0.2) is 0 Å². The highest BCUT2D eigenvalue weighted by Gasteiger charge is 2.35. The molecule has 0 saturated carbocycles. The van der Waals surface area contributed by atoms with Gasteiger partial charge in [-0.15, -0.1) is 0 Å². The summed E-state index contributed by atoms with van der Waals surface area (Å²) >= 11 is 0. The van der Waals surface area contributed by atoms with Crippen LogP contribution in [0.4, 0.5) is 5.69 Å². The van der Waals surface area contributed by atoms with E-state index in [4.69, 9.17) is 4.99 Å². The molecule has 3 aromatic carbocycles. The molecule has 2 unspecified atom stereocenters. The second kappa shape index (κ2) is 8.12. The lowest BCUT2D eigenvalue weighted by molar-refractivity contribution is 0.206. The largest absolute Gasteiger partial charge is 0.372 e. The quantitative estimate of drug-likeness (QED) is 0.499. The number of hydrogen-bond acceptors (Lipinski definition) is 3. The minimum atomic E-state index is -0.770. The minimum absolute atomic E-state index is 0.145. The van der Waals surface area contributed by atoms with Gasteiger partial charge in [-0.05, 0) is 81.0 Å². The van der Waals surface area contributed by atoms with Crippen molar-refractivity contribution in [2.24, 2.45) is 4.99 Å². The highest BCUT2D eigenvalue weighted by molar-refractivity contribution is 6.20. The van der Waals surface area contributed by atoms with E-state index in [9.17, 15) is 5.11 Å². The fourth-order valence-corrected chi connectivity index (χ4v) is 5.45. The molecule has 3 aromatic rings. The molecular weight excluding hydrogens is 380 g/mol.